The Balaban J connectivity index is 1.93. The lowest BCUT2D eigenvalue weighted by atomic mass is 9.82. The quantitative estimate of drug-likeness (QED) is 0.801. The maximum atomic E-state index is 12.1. The standard InChI is InChI=1S/C14H21N3O/c1-9-4-2-5-10(8-9)12-16-13-11(14(18)17-12)6-3-7-15-13/h9-10H,2-8H2,1H3,(H2,15,16,17,18). The second-order valence-electron chi connectivity index (χ2n) is 5.78. The van der Waals surface area contributed by atoms with Gasteiger partial charge in [-0.15, -0.1) is 0 Å². The van der Waals surface area contributed by atoms with Gasteiger partial charge in [0.25, 0.3) is 5.56 Å². The highest BCUT2D eigenvalue weighted by atomic mass is 16.1. The number of aromatic nitrogens is 2. The smallest absolute Gasteiger partial charge is 0.256 e. The third kappa shape index (κ3) is 2.16. The van der Waals surface area contributed by atoms with E-state index in [1.807, 2.05) is 0 Å². The fourth-order valence-electron chi connectivity index (χ4n) is 3.24. The minimum Gasteiger partial charge on any atom is -0.370 e. The van der Waals surface area contributed by atoms with E-state index in [1.165, 1.54) is 12.8 Å². The summed E-state index contributed by atoms with van der Waals surface area (Å²) in [5.41, 5.74) is 0.911. The first kappa shape index (κ1) is 11.8. The van der Waals surface area contributed by atoms with Gasteiger partial charge in [0.05, 0.1) is 5.56 Å². The molecule has 1 aromatic heterocycles. The minimum atomic E-state index is 0.0698. The fraction of sp³-hybridized carbons (Fsp3) is 0.714. The first-order valence-corrected chi connectivity index (χ1v) is 7.11. The topological polar surface area (TPSA) is 57.8 Å². The van der Waals surface area contributed by atoms with Crippen LogP contribution in [0.15, 0.2) is 4.79 Å². The predicted molar refractivity (Wildman–Crippen MR) is 72.0 cm³/mol. The van der Waals surface area contributed by atoms with Gasteiger partial charge in [-0.25, -0.2) is 4.98 Å². The van der Waals surface area contributed by atoms with Gasteiger partial charge in [-0.05, 0) is 31.6 Å². The van der Waals surface area contributed by atoms with Crippen molar-refractivity contribution >= 4 is 5.82 Å². The van der Waals surface area contributed by atoms with Gasteiger partial charge in [0.2, 0.25) is 0 Å². The highest BCUT2D eigenvalue weighted by molar-refractivity contribution is 5.45. The van der Waals surface area contributed by atoms with Crippen LogP contribution in [0.4, 0.5) is 5.82 Å². The zero-order valence-electron chi connectivity index (χ0n) is 11.0. The molecule has 0 saturated heterocycles. The summed E-state index contributed by atoms with van der Waals surface area (Å²) in [7, 11) is 0. The van der Waals surface area contributed by atoms with Crippen LogP contribution in [-0.2, 0) is 6.42 Å². The third-order valence-corrected chi connectivity index (χ3v) is 4.25. The molecule has 0 radical (unpaired) electrons. The average Bonchev–Trinajstić information content (AvgIpc) is 2.39. The van der Waals surface area contributed by atoms with Crippen molar-refractivity contribution in [3.05, 3.63) is 21.7 Å². The van der Waals surface area contributed by atoms with Crippen LogP contribution < -0.4 is 10.9 Å². The molecule has 2 unspecified atom stereocenters. The number of hydrogen-bond donors (Lipinski definition) is 2. The summed E-state index contributed by atoms with van der Waals surface area (Å²) in [5, 5.41) is 3.26. The van der Waals surface area contributed by atoms with Gasteiger partial charge >= 0.3 is 0 Å². The average molecular weight is 247 g/mol. The summed E-state index contributed by atoms with van der Waals surface area (Å²) in [6, 6.07) is 0. The molecular weight excluding hydrogens is 226 g/mol. The molecule has 2 N–H and O–H groups in total. The Labute approximate surface area is 107 Å². The van der Waals surface area contributed by atoms with Gasteiger partial charge < -0.3 is 10.3 Å². The van der Waals surface area contributed by atoms with Crippen molar-refractivity contribution in [2.24, 2.45) is 5.92 Å². The van der Waals surface area contributed by atoms with Gasteiger partial charge in [-0.3, -0.25) is 4.79 Å². The number of hydrogen-bond acceptors (Lipinski definition) is 3. The number of anilines is 1. The molecule has 0 spiro atoms. The number of H-pyrrole nitrogens is 1. The lowest BCUT2D eigenvalue weighted by Crippen LogP contribution is -2.27. The lowest BCUT2D eigenvalue weighted by molar-refractivity contribution is 0.334. The van der Waals surface area contributed by atoms with Crippen LogP contribution in [0.25, 0.3) is 0 Å². The van der Waals surface area contributed by atoms with Gasteiger partial charge in [0.15, 0.2) is 0 Å². The first-order valence-electron chi connectivity index (χ1n) is 7.11. The number of nitrogens with one attached hydrogen (secondary N) is 2. The van der Waals surface area contributed by atoms with Crippen LogP contribution in [0, 0.1) is 5.92 Å². The number of aromatic amines is 1. The molecule has 2 aliphatic rings. The van der Waals surface area contributed by atoms with Crippen LogP contribution in [0.3, 0.4) is 0 Å². The van der Waals surface area contributed by atoms with E-state index >= 15 is 0 Å². The van der Waals surface area contributed by atoms with Crippen molar-refractivity contribution in [1.82, 2.24) is 9.97 Å². The van der Waals surface area contributed by atoms with E-state index in [2.05, 4.69) is 22.2 Å². The molecule has 1 aromatic rings. The Morgan fingerprint density at radius 1 is 1.28 bits per heavy atom. The van der Waals surface area contributed by atoms with E-state index in [9.17, 15) is 4.79 Å². The van der Waals surface area contributed by atoms with Crippen molar-refractivity contribution < 1.29 is 0 Å². The van der Waals surface area contributed by atoms with E-state index in [1.54, 1.807) is 0 Å². The lowest BCUT2D eigenvalue weighted by Gasteiger charge is -2.27. The Kier molecular flexibility index (Phi) is 3.10. The van der Waals surface area contributed by atoms with Crippen LogP contribution in [0.1, 0.15) is 56.3 Å². The van der Waals surface area contributed by atoms with Gasteiger partial charge in [0.1, 0.15) is 11.6 Å². The summed E-state index contributed by atoms with van der Waals surface area (Å²) >= 11 is 0. The Morgan fingerprint density at radius 2 is 2.17 bits per heavy atom. The Morgan fingerprint density at radius 3 is 3.00 bits per heavy atom. The molecule has 0 bridgehead atoms. The molecule has 3 rings (SSSR count). The van der Waals surface area contributed by atoms with Crippen LogP contribution in [-0.4, -0.2) is 16.5 Å². The second kappa shape index (κ2) is 4.75. The summed E-state index contributed by atoms with van der Waals surface area (Å²) in [4.78, 5) is 19.8. The normalized spacial score (nSPS) is 27.4. The molecule has 2 heterocycles. The maximum Gasteiger partial charge on any atom is 0.256 e. The monoisotopic (exact) mass is 247 g/mol. The van der Waals surface area contributed by atoms with Crippen LogP contribution in [0.2, 0.25) is 0 Å². The van der Waals surface area contributed by atoms with E-state index < -0.39 is 0 Å². The molecule has 4 nitrogen and oxygen atoms in total. The number of rotatable bonds is 1. The molecule has 1 fully saturated rings. The Bertz CT molecular complexity index is 494. The molecule has 1 saturated carbocycles. The molecule has 4 heteroatoms. The molecule has 1 aliphatic heterocycles. The molecule has 98 valence electrons. The van der Waals surface area contributed by atoms with Crippen molar-refractivity contribution in [1.29, 1.82) is 0 Å². The highest BCUT2D eigenvalue weighted by Crippen LogP contribution is 2.34. The van der Waals surface area contributed by atoms with E-state index in [-0.39, 0.29) is 5.56 Å². The second-order valence-corrected chi connectivity index (χ2v) is 5.78. The highest BCUT2D eigenvalue weighted by Gasteiger charge is 2.24. The van der Waals surface area contributed by atoms with Crippen molar-refractivity contribution in [2.75, 3.05) is 11.9 Å². The molecule has 0 amide bonds. The largest absolute Gasteiger partial charge is 0.370 e. The first-order chi connectivity index (χ1) is 8.74. The van der Waals surface area contributed by atoms with Crippen LogP contribution >= 0.6 is 0 Å². The SMILES string of the molecule is CC1CCCC(c2nc3c(c(=O)[nH]2)CCCN3)C1. The molecule has 18 heavy (non-hydrogen) atoms. The Hall–Kier alpha value is -1.32. The van der Waals surface area contributed by atoms with Gasteiger partial charge in [-0.1, -0.05) is 19.8 Å². The van der Waals surface area contributed by atoms with E-state index in [4.69, 9.17) is 0 Å². The maximum absolute atomic E-state index is 12.1. The third-order valence-electron chi connectivity index (χ3n) is 4.25. The molecule has 2 atom stereocenters. The fourth-order valence-corrected chi connectivity index (χ4v) is 3.24. The molecular formula is C14H21N3O. The summed E-state index contributed by atoms with van der Waals surface area (Å²) in [6.07, 6.45) is 6.75. The zero-order chi connectivity index (χ0) is 12.5. The van der Waals surface area contributed by atoms with Crippen LogP contribution in [0.5, 0.6) is 0 Å². The zero-order valence-corrected chi connectivity index (χ0v) is 11.0. The minimum absolute atomic E-state index is 0.0698. The summed E-state index contributed by atoms with van der Waals surface area (Å²) in [5.74, 6) is 2.92. The molecule has 1 aliphatic carbocycles. The molecule has 0 aromatic carbocycles. The van der Waals surface area contributed by atoms with Gasteiger partial charge in [0, 0.05) is 12.5 Å². The summed E-state index contributed by atoms with van der Waals surface area (Å²) < 4.78 is 0. The van der Waals surface area contributed by atoms with E-state index in [0.717, 1.165) is 55.4 Å². The van der Waals surface area contributed by atoms with Crippen molar-refractivity contribution in [2.45, 2.75) is 51.4 Å². The van der Waals surface area contributed by atoms with E-state index in [0.29, 0.717) is 5.92 Å². The predicted octanol–water partition coefficient (Wildman–Crippen LogP) is 2.42. The number of fused-ring (bicyclic) bond motifs is 1. The van der Waals surface area contributed by atoms with Crippen molar-refractivity contribution in [3.63, 3.8) is 0 Å². The summed E-state index contributed by atoms with van der Waals surface area (Å²) in [6.45, 7) is 3.23. The van der Waals surface area contributed by atoms with Crippen molar-refractivity contribution in [3.8, 4) is 0 Å². The van der Waals surface area contributed by atoms with Gasteiger partial charge in [-0.2, -0.15) is 0 Å². The number of nitrogens with zero attached hydrogens (tertiary/aromatic N) is 1.